The summed E-state index contributed by atoms with van der Waals surface area (Å²) < 4.78 is 0. The number of thioether (sulfide) groups is 1. The van der Waals surface area contributed by atoms with Gasteiger partial charge in [0.05, 0.1) is 17.1 Å². The van der Waals surface area contributed by atoms with Crippen LogP contribution in [0.3, 0.4) is 0 Å². The summed E-state index contributed by atoms with van der Waals surface area (Å²) in [6.45, 7) is 10.2. The van der Waals surface area contributed by atoms with Crippen LogP contribution in [0.1, 0.15) is 34.6 Å². The summed E-state index contributed by atoms with van der Waals surface area (Å²) in [5, 5.41) is 3.97. The SMILES string of the molecule is CC(=O)C(NC(=O)N(C)CC1CSC(C(C)C)=N1)C(C)C. The normalized spacial score (nSPS) is 19.6. The summed E-state index contributed by atoms with van der Waals surface area (Å²) in [6.07, 6.45) is 0. The van der Waals surface area contributed by atoms with Crippen molar-refractivity contribution in [3.63, 3.8) is 0 Å². The minimum atomic E-state index is -0.423. The molecule has 120 valence electrons. The summed E-state index contributed by atoms with van der Waals surface area (Å²) in [5.41, 5.74) is 0. The van der Waals surface area contributed by atoms with E-state index in [1.807, 2.05) is 13.8 Å². The van der Waals surface area contributed by atoms with Crippen LogP contribution < -0.4 is 5.32 Å². The minimum absolute atomic E-state index is 0.0108. The Balaban J connectivity index is 2.54. The lowest BCUT2D eigenvalue weighted by Gasteiger charge is -2.25. The van der Waals surface area contributed by atoms with Crippen molar-refractivity contribution in [2.45, 2.75) is 46.7 Å². The fourth-order valence-corrected chi connectivity index (χ4v) is 3.33. The third-order valence-corrected chi connectivity index (χ3v) is 4.87. The number of nitrogens with one attached hydrogen (secondary N) is 1. The maximum Gasteiger partial charge on any atom is 0.317 e. The molecule has 2 amide bonds. The first kappa shape index (κ1) is 18.0. The van der Waals surface area contributed by atoms with Crippen LogP contribution in [-0.2, 0) is 4.79 Å². The van der Waals surface area contributed by atoms with Crippen molar-refractivity contribution in [1.82, 2.24) is 10.2 Å². The van der Waals surface area contributed by atoms with E-state index in [1.54, 1.807) is 23.7 Å². The minimum Gasteiger partial charge on any atom is -0.328 e. The predicted octanol–water partition coefficient (Wildman–Crippen LogP) is 2.41. The molecule has 21 heavy (non-hydrogen) atoms. The van der Waals surface area contributed by atoms with Crippen LogP contribution in [0.5, 0.6) is 0 Å². The second kappa shape index (κ2) is 7.82. The van der Waals surface area contributed by atoms with E-state index in [1.165, 1.54) is 6.92 Å². The summed E-state index contributed by atoms with van der Waals surface area (Å²) in [4.78, 5) is 30.0. The lowest BCUT2D eigenvalue weighted by atomic mass is 10.0. The number of nitrogens with zero attached hydrogens (tertiary/aromatic N) is 2. The van der Waals surface area contributed by atoms with Gasteiger partial charge in [0.25, 0.3) is 0 Å². The molecule has 0 bridgehead atoms. The first-order chi connectivity index (χ1) is 9.72. The predicted molar refractivity (Wildman–Crippen MR) is 89.0 cm³/mol. The quantitative estimate of drug-likeness (QED) is 0.819. The van der Waals surface area contributed by atoms with E-state index in [2.05, 4.69) is 24.2 Å². The Bertz CT molecular complexity index is 421. The maximum absolute atomic E-state index is 12.2. The Labute approximate surface area is 131 Å². The third-order valence-electron chi connectivity index (χ3n) is 3.44. The van der Waals surface area contributed by atoms with Crippen molar-refractivity contribution in [2.75, 3.05) is 19.3 Å². The fraction of sp³-hybridized carbons (Fsp3) is 0.800. The number of ketones is 1. The van der Waals surface area contributed by atoms with E-state index in [4.69, 9.17) is 0 Å². The van der Waals surface area contributed by atoms with Gasteiger partial charge in [-0.05, 0) is 12.8 Å². The van der Waals surface area contributed by atoms with Crippen molar-refractivity contribution in [3.8, 4) is 0 Å². The topological polar surface area (TPSA) is 61.8 Å². The Hall–Kier alpha value is -1.04. The second-order valence-corrected chi connectivity index (χ2v) is 7.29. The molecule has 0 fully saturated rings. The Morgan fingerprint density at radius 2 is 2.00 bits per heavy atom. The molecular weight excluding hydrogens is 286 g/mol. The van der Waals surface area contributed by atoms with Gasteiger partial charge in [0, 0.05) is 25.3 Å². The van der Waals surface area contributed by atoms with Crippen molar-refractivity contribution < 1.29 is 9.59 Å². The first-order valence-corrected chi connectivity index (χ1v) is 8.43. The zero-order valence-electron chi connectivity index (χ0n) is 13.8. The zero-order chi connectivity index (χ0) is 16.2. The zero-order valence-corrected chi connectivity index (χ0v) is 14.7. The van der Waals surface area contributed by atoms with Crippen molar-refractivity contribution in [3.05, 3.63) is 0 Å². The highest BCUT2D eigenvalue weighted by molar-refractivity contribution is 8.14. The van der Waals surface area contributed by atoms with Crippen LogP contribution in [0, 0.1) is 11.8 Å². The Morgan fingerprint density at radius 3 is 2.43 bits per heavy atom. The molecule has 0 aromatic carbocycles. The van der Waals surface area contributed by atoms with Gasteiger partial charge in [-0.25, -0.2) is 4.79 Å². The van der Waals surface area contributed by atoms with E-state index >= 15 is 0 Å². The second-order valence-electron chi connectivity index (χ2n) is 6.25. The van der Waals surface area contributed by atoms with E-state index in [0.717, 1.165) is 10.8 Å². The molecule has 0 aromatic rings. The molecule has 0 radical (unpaired) electrons. The van der Waals surface area contributed by atoms with Crippen LogP contribution in [0.15, 0.2) is 4.99 Å². The smallest absolute Gasteiger partial charge is 0.317 e. The summed E-state index contributed by atoms with van der Waals surface area (Å²) in [5.74, 6) is 1.45. The van der Waals surface area contributed by atoms with Gasteiger partial charge >= 0.3 is 6.03 Å². The number of hydrogen-bond acceptors (Lipinski definition) is 4. The molecule has 1 aliphatic heterocycles. The number of rotatable bonds is 6. The largest absolute Gasteiger partial charge is 0.328 e. The van der Waals surface area contributed by atoms with Crippen molar-refractivity contribution in [2.24, 2.45) is 16.8 Å². The number of aliphatic imine (C=N–C) groups is 1. The highest BCUT2D eigenvalue weighted by Gasteiger charge is 2.25. The number of amides is 2. The van der Waals surface area contributed by atoms with Crippen LogP contribution in [0.4, 0.5) is 4.79 Å². The molecule has 0 aliphatic carbocycles. The van der Waals surface area contributed by atoms with Crippen LogP contribution >= 0.6 is 11.8 Å². The molecule has 1 aliphatic rings. The number of likely N-dealkylation sites (N-methyl/N-ethyl adjacent to an activating group) is 1. The van der Waals surface area contributed by atoms with Crippen LogP contribution in [0.2, 0.25) is 0 Å². The number of Topliss-reactive ketones (excluding diaryl/α,β-unsaturated/α-hetero) is 1. The third kappa shape index (κ3) is 5.34. The van der Waals surface area contributed by atoms with Crippen molar-refractivity contribution >= 4 is 28.6 Å². The molecule has 2 atom stereocenters. The molecule has 1 heterocycles. The summed E-state index contributed by atoms with van der Waals surface area (Å²) >= 11 is 1.77. The van der Waals surface area contributed by atoms with E-state index in [-0.39, 0.29) is 23.8 Å². The van der Waals surface area contributed by atoms with Crippen LogP contribution in [0.25, 0.3) is 0 Å². The summed E-state index contributed by atoms with van der Waals surface area (Å²) in [7, 11) is 1.75. The molecule has 0 spiro atoms. The average molecular weight is 313 g/mol. The Kier molecular flexibility index (Phi) is 6.71. The van der Waals surface area contributed by atoms with Gasteiger partial charge in [0.2, 0.25) is 0 Å². The van der Waals surface area contributed by atoms with Crippen LogP contribution in [-0.4, -0.2) is 53.2 Å². The van der Waals surface area contributed by atoms with Gasteiger partial charge in [0.1, 0.15) is 0 Å². The average Bonchev–Trinajstić information content (AvgIpc) is 2.83. The van der Waals surface area contributed by atoms with E-state index in [0.29, 0.717) is 12.5 Å². The lowest BCUT2D eigenvalue weighted by molar-refractivity contribution is -0.119. The van der Waals surface area contributed by atoms with Gasteiger partial charge in [-0.1, -0.05) is 27.7 Å². The molecule has 1 N–H and O–H groups in total. The molecule has 0 aromatic heterocycles. The molecule has 5 nitrogen and oxygen atoms in total. The standard InChI is InChI=1S/C15H27N3O2S/c1-9(2)13(11(5)19)17-15(20)18(6)7-12-8-21-14(16-12)10(3)4/h9-10,12-13H,7-8H2,1-6H3,(H,17,20). The number of urea groups is 1. The molecule has 0 saturated carbocycles. The number of carbonyl (C=O) groups is 2. The van der Waals surface area contributed by atoms with E-state index < -0.39 is 6.04 Å². The monoisotopic (exact) mass is 313 g/mol. The molecule has 0 saturated heterocycles. The van der Waals surface area contributed by atoms with Gasteiger partial charge < -0.3 is 10.2 Å². The van der Waals surface area contributed by atoms with Gasteiger partial charge in [0.15, 0.2) is 5.78 Å². The summed E-state index contributed by atoms with van der Waals surface area (Å²) in [6, 6.07) is -0.479. The Morgan fingerprint density at radius 1 is 1.38 bits per heavy atom. The maximum atomic E-state index is 12.2. The van der Waals surface area contributed by atoms with Gasteiger partial charge in [-0.2, -0.15) is 0 Å². The molecular formula is C15H27N3O2S. The number of carbonyl (C=O) groups excluding carboxylic acids is 2. The van der Waals surface area contributed by atoms with Crippen molar-refractivity contribution in [1.29, 1.82) is 0 Å². The van der Waals surface area contributed by atoms with E-state index in [9.17, 15) is 9.59 Å². The lowest BCUT2D eigenvalue weighted by Crippen LogP contribution is -2.49. The molecule has 2 unspecified atom stereocenters. The molecule has 1 rings (SSSR count). The first-order valence-electron chi connectivity index (χ1n) is 7.45. The molecule has 6 heteroatoms. The number of hydrogen-bond donors (Lipinski definition) is 1. The highest BCUT2D eigenvalue weighted by atomic mass is 32.2. The van der Waals surface area contributed by atoms with Gasteiger partial charge in [-0.3, -0.25) is 9.79 Å². The highest BCUT2D eigenvalue weighted by Crippen LogP contribution is 2.23. The van der Waals surface area contributed by atoms with Gasteiger partial charge in [-0.15, -0.1) is 11.8 Å². The fourth-order valence-electron chi connectivity index (χ4n) is 2.23.